The summed E-state index contributed by atoms with van der Waals surface area (Å²) in [5.74, 6) is 1.17. The number of nitrogens with zero attached hydrogens (tertiary/aromatic N) is 2. The molecular weight excluding hydrogens is 292 g/mol. The molecule has 0 aliphatic heterocycles. The van der Waals surface area contributed by atoms with Gasteiger partial charge in [-0.3, -0.25) is 9.98 Å². The minimum Gasteiger partial charge on any atom is -0.389 e. The van der Waals surface area contributed by atoms with Gasteiger partial charge in [-0.15, -0.1) is 0 Å². The molecule has 0 spiro atoms. The van der Waals surface area contributed by atoms with E-state index in [-0.39, 0.29) is 0 Å². The minimum atomic E-state index is -0.583. The van der Waals surface area contributed by atoms with E-state index in [2.05, 4.69) is 34.5 Å². The number of hydrogen-bond acceptors (Lipinski definition) is 4. The Labute approximate surface area is 139 Å². The predicted octanol–water partition coefficient (Wildman–Crippen LogP) is 1.21. The maximum atomic E-state index is 9.88. The average molecular weight is 322 g/mol. The zero-order valence-corrected chi connectivity index (χ0v) is 14.5. The lowest BCUT2D eigenvalue weighted by atomic mass is 10.2. The highest BCUT2D eigenvalue weighted by atomic mass is 16.5. The van der Waals surface area contributed by atoms with Crippen molar-refractivity contribution in [2.45, 2.75) is 33.3 Å². The molecule has 3 N–H and O–H groups in total. The van der Waals surface area contributed by atoms with Crippen LogP contribution in [0.4, 0.5) is 0 Å². The Morgan fingerprint density at radius 2 is 2.13 bits per heavy atom. The van der Waals surface area contributed by atoms with E-state index in [9.17, 15) is 5.11 Å². The monoisotopic (exact) mass is 322 g/mol. The molecule has 0 fully saturated rings. The van der Waals surface area contributed by atoms with Crippen LogP contribution in [-0.2, 0) is 11.2 Å². The molecule has 6 nitrogen and oxygen atoms in total. The van der Waals surface area contributed by atoms with Gasteiger partial charge in [-0.1, -0.05) is 19.9 Å². The predicted molar refractivity (Wildman–Crippen MR) is 93.6 cm³/mol. The quantitative estimate of drug-likeness (QED) is 0.446. The van der Waals surface area contributed by atoms with Gasteiger partial charge in [-0.05, 0) is 25.0 Å². The Balaban J connectivity index is 2.31. The smallest absolute Gasteiger partial charge is 0.191 e. The summed E-state index contributed by atoms with van der Waals surface area (Å²) in [5, 5.41) is 16.3. The Hall–Kier alpha value is -1.66. The molecule has 1 rings (SSSR count). The average Bonchev–Trinajstić information content (AvgIpc) is 2.53. The molecule has 0 saturated heterocycles. The third-order valence-corrected chi connectivity index (χ3v) is 2.97. The van der Waals surface area contributed by atoms with Crippen LogP contribution in [0.5, 0.6) is 0 Å². The van der Waals surface area contributed by atoms with Gasteiger partial charge in [-0.25, -0.2) is 0 Å². The summed E-state index contributed by atoms with van der Waals surface area (Å²) in [5.41, 5.74) is 1.04. The lowest BCUT2D eigenvalue weighted by Crippen LogP contribution is -2.39. The van der Waals surface area contributed by atoms with Crippen LogP contribution in [-0.4, -0.2) is 55.0 Å². The standard InChI is InChI=1S/C17H30N4O2/c1-4-18-17(20-10-8-15-7-5-6-9-19-15)21-11-16(22)13-23-12-14(2)3/h5-7,9,14,16,22H,4,8,10-13H2,1-3H3,(H2,18,20,21). The van der Waals surface area contributed by atoms with Crippen LogP contribution in [0.15, 0.2) is 29.4 Å². The van der Waals surface area contributed by atoms with E-state index in [1.165, 1.54) is 0 Å². The number of aliphatic hydroxyl groups excluding tert-OH is 1. The zero-order valence-electron chi connectivity index (χ0n) is 14.5. The third kappa shape index (κ3) is 9.86. The number of guanidine groups is 1. The van der Waals surface area contributed by atoms with Crippen LogP contribution >= 0.6 is 0 Å². The van der Waals surface area contributed by atoms with Gasteiger partial charge >= 0.3 is 0 Å². The summed E-state index contributed by atoms with van der Waals surface area (Å²) in [6, 6.07) is 5.89. The van der Waals surface area contributed by atoms with Crippen molar-refractivity contribution in [1.29, 1.82) is 0 Å². The second kappa shape index (κ2) is 11.8. The van der Waals surface area contributed by atoms with Crippen molar-refractivity contribution < 1.29 is 9.84 Å². The van der Waals surface area contributed by atoms with Crippen molar-refractivity contribution in [2.75, 3.05) is 32.8 Å². The number of ether oxygens (including phenoxy) is 1. The Kier molecular flexibility index (Phi) is 9.99. The fraction of sp³-hybridized carbons (Fsp3) is 0.647. The first-order chi connectivity index (χ1) is 11.1. The summed E-state index contributed by atoms with van der Waals surface area (Å²) in [4.78, 5) is 8.67. The van der Waals surface area contributed by atoms with E-state index in [4.69, 9.17) is 4.74 Å². The minimum absolute atomic E-state index is 0.315. The Morgan fingerprint density at radius 1 is 1.30 bits per heavy atom. The van der Waals surface area contributed by atoms with Crippen LogP contribution in [0, 0.1) is 5.92 Å². The third-order valence-electron chi connectivity index (χ3n) is 2.97. The van der Waals surface area contributed by atoms with Crippen LogP contribution in [0.3, 0.4) is 0 Å². The fourth-order valence-corrected chi connectivity index (χ4v) is 1.89. The summed E-state index contributed by atoms with van der Waals surface area (Å²) in [6.07, 6.45) is 2.04. The van der Waals surface area contributed by atoms with Crippen molar-refractivity contribution in [1.82, 2.24) is 15.6 Å². The summed E-state index contributed by atoms with van der Waals surface area (Å²) in [7, 11) is 0. The molecule has 0 amide bonds. The molecular formula is C17H30N4O2. The maximum Gasteiger partial charge on any atom is 0.191 e. The van der Waals surface area contributed by atoms with Crippen molar-refractivity contribution >= 4 is 5.96 Å². The normalized spacial score (nSPS) is 13.2. The van der Waals surface area contributed by atoms with Gasteiger partial charge in [0.15, 0.2) is 5.96 Å². The summed E-state index contributed by atoms with van der Waals surface area (Å²) >= 11 is 0. The van der Waals surface area contributed by atoms with E-state index in [1.54, 1.807) is 6.20 Å². The molecule has 1 unspecified atom stereocenters. The van der Waals surface area contributed by atoms with Crippen LogP contribution in [0.2, 0.25) is 0 Å². The number of rotatable bonds is 10. The highest BCUT2D eigenvalue weighted by molar-refractivity contribution is 5.79. The van der Waals surface area contributed by atoms with Crippen molar-refractivity contribution in [3.8, 4) is 0 Å². The SMILES string of the molecule is CCNC(=NCC(O)COCC(C)C)NCCc1ccccn1. The van der Waals surface area contributed by atoms with Gasteiger partial charge in [0.25, 0.3) is 0 Å². The molecule has 1 aromatic rings. The maximum absolute atomic E-state index is 9.88. The second-order valence-electron chi connectivity index (χ2n) is 5.80. The molecule has 6 heteroatoms. The van der Waals surface area contributed by atoms with E-state index in [0.717, 1.165) is 25.2 Å². The van der Waals surface area contributed by atoms with Gasteiger partial charge in [0.2, 0.25) is 0 Å². The molecule has 0 aliphatic carbocycles. The lowest BCUT2D eigenvalue weighted by molar-refractivity contribution is 0.0301. The molecule has 1 atom stereocenters. The molecule has 0 saturated carbocycles. The first kappa shape index (κ1) is 19.4. The second-order valence-corrected chi connectivity index (χ2v) is 5.80. The van der Waals surface area contributed by atoms with Crippen molar-refractivity contribution in [3.05, 3.63) is 30.1 Å². The van der Waals surface area contributed by atoms with Crippen molar-refractivity contribution in [2.24, 2.45) is 10.9 Å². The van der Waals surface area contributed by atoms with E-state index in [1.807, 2.05) is 25.1 Å². The van der Waals surface area contributed by atoms with E-state index < -0.39 is 6.10 Å². The topological polar surface area (TPSA) is 78.8 Å². The van der Waals surface area contributed by atoms with Gasteiger partial charge in [-0.2, -0.15) is 0 Å². The summed E-state index contributed by atoms with van der Waals surface area (Å²) in [6.45, 7) is 8.98. The Morgan fingerprint density at radius 3 is 2.78 bits per heavy atom. The van der Waals surface area contributed by atoms with Gasteiger partial charge in [0.1, 0.15) is 0 Å². The first-order valence-corrected chi connectivity index (χ1v) is 8.29. The van der Waals surface area contributed by atoms with Crippen LogP contribution in [0.1, 0.15) is 26.5 Å². The number of aromatic nitrogens is 1. The van der Waals surface area contributed by atoms with Gasteiger partial charge in [0, 0.05) is 38.0 Å². The fourth-order valence-electron chi connectivity index (χ4n) is 1.89. The number of nitrogens with one attached hydrogen (secondary N) is 2. The Bertz CT molecular complexity index is 437. The van der Waals surface area contributed by atoms with Crippen molar-refractivity contribution in [3.63, 3.8) is 0 Å². The van der Waals surface area contributed by atoms with Crippen LogP contribution < -0.4 is 10.6 Å². The van der Waals surface area contributed by atoms with E-state index >= 15 is 0 Å². The van der Waals surface area contributed by atoms with Gasteiger partial charge < -0.3 is 20.5 Å². The lowest BCUT2D eigenvalue weighted by Gasteiger charge is -2.14. The molecule has 0 aliphatic rings. The number of aliphatic imine (C=N–C) groups is 1. The first-order valence-electron chi connectivity index (χ1n) is 8.29. The zero-order chi connectivity index (χ0) is 16.9. The van der Waals surface area contributed by atoms with Gasteiger partial charge in [0.05, 0.1) is 19.3 Å². The highest BCUT2D eigenvalue weighted by Crippen LogP contribution is 1.95. The molecule has 130 valence electrons. The van der Waals surface area contributed by atoms with E-state index in [0.29, 0.717) is 31.6 Å². The molecule has 0 radical (unpaired) electrons. The molecule has 23 heavy (non-hydrogen) atoms. The highest BCUT2D eigenvalue weighted by Gasteiger charge is 2.05. The number of pyridine rings is 1. The van der Waals surface area contributed by atoms with Crippen LogP contribution in [0.25, 0.3) is 0 Å². The largest absolute Gasteiger partial charge is 0.389 e. The molecule has 1 aromatic heterocycles. The summed E-state index contributed by atoms with van der Waals surface area (Å²) < 4.78 is 5.42. The molecule has 0 aromatic carbocycles. The number of hydrogen-bond donors (Lipinski definition) is 3. The molecule has 1 heterocycles. The number of aliphatic hydroxyl groups is 1. The molecule has 0 bridgehead atoms.